The zero-order valence-electron chi connectivity index (χ0n) is 17.6. The van der Waals surface area contributed by atoms with Gasteiger partial charge in [0.1, 0.15) is 0 Å². The maximum Gasteiger partial charge on any atom is 0.243 e. The van der Waals surface area contributed by atoms with Crippen LogP contribution in [0.2, 0.25) is 0 Å². The van der Waals surface area contributed by atoms with Gasteiger partial charge in [-0.25, -0.2) is 8.42 Å². The van der Waals surface area contributed by atoms with Crippen molar-refractivity contribution in [3.8, 4) is 0 Å². The lowest BCUT2D eigenvalue weighted by molar-refractivity contribution is -0.122. The predicted octanol–water partition coefficient (Wildman–Crippen LogP) is 2.63. The molecule has 0 spiro atoms. The zero-order chi connectivity index (χ0) is 20.8. The van der Waals surface area contributed by atoms with Crippen molar-refractivity contribution in [3.63, 3.8) is 0 Å². The highest BCUT2D eigenvalue weighted by atomic mass is 32.2. The van der Waals surface area contributed by atoms with E-state index in [2.05, 4.69) is 5.32 Å². The van der Waals surface area contributed by atoms with Crippen molar-refractivity contribution < 1.29 is 17.9 Å². The van der Waals surface area contributed by atoms with Crippen LogP contribution in [0.4, 0.5) is 0 Å². The number of benzene rings is 1. The summed E-state index contributed by atoms with van der Waals surface area (Å²) in [6, 6.07) is 5.33. The average Bonchev–Trinajstić information content (AvgIpc) is 3.39. The Balaban J connectivity index is 1.48. The van der Waals surface area contributed by atoms with Crippen LogP contribution in [0.3, 0.4) is 0 Å². The van der Waals surface area contributed by atoms with Crippen LogP contribution < -0.4 is 5.32 Å². The molecule has 4 atom stereocenters. The first kappa shape index (κ1) is 20.8. The van der Waals surface area contributed by atoms with Crippen molar-refractivity contribution in [1.29, 1.82) is 0 Å². The van der Waals surface area contributed by atoms with Crippen molar-refractivity contribution in [2.24, 2.45) is 17.8 Å². The minimum atomic E-state index is -3.50. The predicted molar refractivity (Wildman–Crippen MR) is 111 cm³/mol. The van der Waals surface area contributed by atoms with E-state index in [-0.39, 0.29) is 29.9 Å². The van der Waals surface area contributed by atoms with Gasteiger partial charge < -0.3 is 10.1 Å². The molecule has 0 bridgehead atoms. The molecule has 1 aromatic rings. The Morgan fingerprint density at radius 1 is 1.14 bits per heavy atom. The molecule has 3 fully saturated rings. The number of rotatable bonds is 6. The quantitative estimate of drug-likeness (QED) is 0.768. The molecular formula is C22H32N2O4S. The summed E-state index contributed by atoms with van der Waals surface area (Å²) in [5, 5.41) is 3.06. The van der Waals surface area contributed by atoms with Crippen LogP contribution in [0.15, 0.2) is 23.1 Å². The van der Waals surface area contributed by atoms with Crippen LogP contribution in [0.5, 0.6) is 0 Å². The van der Waals surface area contributed by atoms with Gasteiger partial charge in [-0.3, -0.25) is 4.79 Å². The fourth-order valence-electron chi connectivity index (χ4n) is 4.73. The van der Waals surface area contributed by atoms with Crippen molar-refractivity contribution >= 4 is 15.9 Å². The number of amides is 1. The second-order valence-corrected chi connectivity index (χ2v) is 11.1. The number of carbonyl (C=O) groups excluding carboxylic acids is 1. The van der Waals surface area contributed by atoms with Crippen molar-refractivity contribution in [3.05, 3.63) is 29.3 Å². The fourth-order valence-corrected chi connectivity index (χ4v) is 6.37. The third-order valence-electron chi connectivity index (χ3n) is 6.83. The van der Waals surface area contributed by atoms with Crippen molar-refractivity contribution in [2.45, 2.75) is 63.5 Å². The first-order valence-corrected chi connectivity index (χ1v) is 12.1. The minimum absolute atomic E-state index is 0.0231. The van der Waals surface area contributed by atoms with E-state index in [9.17, 15) is 13.2 Å². The van der Waals surface area contributed by atoms with Gasteiger partial charge in [-0.05, 0) is 80.5 Å². The molecule has 7 heteroatoms. The van der Waals surface area contributed by atoms with Crippen molar-refractivity contribution in [1.82, 2.24) is 9.62 Å². The van der Waals surface area contributed by atoms with Gasteiger partial charge in [0, 0.05) is 26.6 Å². The molecule has 1 saturated heterocycles. The molecule has 1 amide bonds. The van der Waals surface area contributed by atoms with E-state index in [1.54, 1.807) is 16.4 Å². The lowest BCUT2D eigenvalue weighted by atomic mass is 9.77. The van der Waals surface area contributed by atoms with Crippen LogP contribution in [0.1, 0.15) is 43.7 Å². The summed E-state index contributed by atoms with van der Waals surface area (Å²) in [5.74, 6) is 1.15. The molecule has 1 heterocycles. The monoisotopic (exact) mass is 420 g/mol. The molecule has 1 aliphatic heterocycles. The van der Waals surface area contributed by atoms with E-state index in [0.717, 1.165) is 30.6 Å². The van der Waals surface area contributed by atoms with Crippen LogP contribution in [-0.4, -0.2) is 50.5 Å². The molecule has 6 nitrogen and oxygen atoms in total. The standard InChI is InChI=1S/C22H32N2O4S/c1-14-4-7-20(8-15(14)2)29(26,27)24-11-18-9-21(23-16(3)25)22(10-19(18)12-24)28-13-17-5-6-17/h4,7-8,17-19,21-22H,5-6,9-13H2,1-3H3,(H,23,25)/t18-,19+,21-,22-/m1/s1. The van der Waals surface area contributed by atoms with Gasteiger partial charge in [0.25, 0.3) is 0 Å². The summed E-state index contributed by atoms with van der Waals surface area (Å²) in [4.78, 5) is 12.1. The topological polar surface area (TPSA) is 75.7 Å². The number of sulfonamides is 1. The second kappa shape index (κ2) is 8.00. The van der Waals surface area contributed by atoms with E-state index in [0.29, 0.717) is 23.9 Å². The normalized spacial score (nSPS) is 30.2. The van der Waals surface area contributed by atoms with Crippen LogP contribution in [0.25, 0.3) is 0 Å². The number of hydrogen-bond acceptors (Lipinski definition) is 4. The molecule has 0 radical (unpaired) electrons. The maximum absolute atomic E-state index is 13.2. The lowest BCUT2D eigenvalue weighted by Crippen LogP contribution is -2.50. The first-order chi connectivity index (χ1) is 13.7. The van der Waals surface area contributed by atoms with Gasteiger partial charge >= 0.3 is 0 Å². The Bertz CT molecular complexity index is 881. The largest absolute Gasteiger partial charge is 0.376 e. The third kappa shape index (κ3) is 4.52. The number of nitrogens with zero attached hydrogens (tertiary/aromatic N) is 1. The lowest BCUT2D eigenvalue weighted by Gasteiger charge is -2.38. The Labute approximate surface area is 174 Å². The zero-order valence-corrected chi connectivity index (χ0v) is 18.4. The number of ether oxygens (including phenoxy) is 1. The number of carbonyl (C=O) groups is 1. The maximum atomic E-state index is 13.2. The highest BCUT2D eigenvalue weighted by Crippen LogP contribution is 2.40. The summed E-state index contributed by atoms with van der Waals surface area (Å²) in [7, 11) is -3.50. The van der Waals surface area contributed by atoms with Gasteiger partial charge in [0.05, 0.1) is 17.0 Å². The number of hydrogen-bond donors (Lipinski definition) is 1. The molecule has 1 N–H and O–H groups in total. The van der Waals surface area contributed by atoms with Crippen LogP contribution in [-0.2, 0) is 19.6 Å². The number of fused-ring (bicyclic) bond motifs is 1. The molecule has 4 rings (SSSR count). The van der Waals surface area contributed by atoms with Gasteiger partial charge in [-0.1, -0.05) is 6.07 Å². The highest BCUT2D eigenvalue weighted by molar-refractivity contribution is 7.89. The van der Waals surface area contributed by atoms with Gasteiger partial charge in [0.15, 0.2) is 0 Å². The van der Waals surface area contributed by atoms with E-state index in [1.807, 2.05) is 19.9 Å². The third-order valence-corrected chi connectivity index (χ3v) is 8.66. The molecule has 0 unspecified atom stereocenters. The summed E-state index contributed by atoms with van der Waals surface area (Å²) >= 11 is 0. The molecule has 1 aromatic carbocycles. The molecule has 160 valence electrons. The first-order valence-electron chi connectivity index (χ1n) is 10.7. The van der Waals surface area contributed by atoms with Gasteiger partial charge in [-0.15, -0.1) is 0 Å². The van der Waals surface area contributed by atoms with Crippen LogP contribution in [0, 0.1) is 31.6 Å². The Kier molecular flexibility index (Phi) is 5.75. The molecule has 2 saturated carbocycles. The summed E-state index contributed by atoms with van der Waals surface area (Å²) in [6.07, 6.45) is 4.02. The number of nitrogens with one attached hydrogen (secondary N) is 1. The Morgan fingerprint density at radius 3 is 2.45 bits per heavy atom. The molecule has 29 heavy (non-hydrogen) atoms. The molecule has 2 aliphatic carbocycles. The van der Waals surface area contributed by atoms with E-state index in [4.69, 9.17) is 4.74 Å². The molecule has 0 aromatic heterocycles. The highest BCUT2D eigenvalue weighted by Gasteiger charge is 2.46. The second-order valence-electron chi connectivity index (χ2n) is 9.18. The van der Waals surface area contributed by atoms with Gasteiger partial charge in [-0.2, -0.15) is 4.31 Å². The summed E-state index contributed by atoms with van der Waals surface area (Å²) in [6.45, 7) is 7.28. The van der Waals surface area contributed by atoms with E-state index < -0.39 is 10.0 Å². The van der Waals surface area contributed by atoms with E-state index in [1.165, 1.54) is 19.8 Å². The van der Waals surface area contributed by atoms with Crippen LogP contribution >= 0.6 is 0 Å². The average molecular weight is 421 g/mol. The van der Waals surface area contributed by atoms with Crippen molar-refractivity contribution in [2.75, 3.05) is 19.7 Å². The Morgan fingerprint density at radius 2 is 1.83 bits per heavy atom. The fraction of sp³-hybridized carbons (Fsp3) is 0.682. The summed E-state index contributed by atoms with van der Waals surface area (Å²) < 4.78 is 34.3. The smallest absolute Gasteiger partial charge is 0.243 e. The SMILES string of the molecule is CC(=O)N[C@@H]1C[C@@H]2CN(S(=O)(=O)c3ccc(C)c(C)c3)C[C@@H]2C[C@H]1OCC1CC1. The molecular weight excluding hydrogens is 388 g/mol. The van der Waals surface area contributed by atoms with Gasteiger partial charge in [0.2, 0.25) is 15.9 Å². The molecule has 3 aliphatic rings. The Hall–Kier alpha value is -1.44. The summed E-state index contributed by atoms with van der Waals surface area (Å²) in [5.41, 5.74) is 2.08. The number of aryl methyl sites for hydroxylation is 2. The van der Waals surface area contributed by atoms with E-state index >= 15 is 0 Å². The minimum Gasteiger partial charge on any atom is -0.376 e.